The summed E-state index contributed by atoms with van der Waals surface area (Å²) in [4.78, 5) is 12.6. The van der Waals surface area contributed by atoms with Gasteiger partial charge in [0.25, 0.3) is 0 Å². The van der Waals surface area contributed by atoms with Crippen LogP contribution >= 0.6 is 23.4 Å². The molecular formula is C17H22ClN5O2S. The number of aryl methyl sites for hydroxylation is 1. The van der Waals surface area contributed by atoms with Gasteiger partial charge in [0.05, 0.1) is 24.1 Å². The van der Waals surface area contributed by atoms with Crippen molar-refractivity contribution in [3.63, 3.8) is 0 Å². The normalized spacial score (nSPS) is 15.8. The monoisotopic (exact) mass is 395 g/mol. The summed E-state index contributed by atoms with van der Waals surface area (Å²) in [6.07, 6.45) is 4.56. The van der Waals surface area contributed by atoms with Gasteiger partial charge in [-0.1, -0.05) is 36.2 Å². The molecule has 1 unspecified atom stereocenters. The number of hydrogen-bond donors (Lipinski definition) is 1. The second kappa shape index (κ2) is 8.26. The zero-order valence-electron chi connectivity index (χ0n) is 15.0. The standard InChI is InChI=1S/C17H22ClN5O2S/c1-10-8-14(15(25-3)9-13(10)18)19-16(24)11(2)26-17-20-21-22-23(17)12-6-4-5-7-12/h8-9,11-12H,4-7H2,1-3H3,(H,19,24). The first-order chi connectivity index (χ1) is 12.5. The Bertz CT molecular complexity index is 791. The topological polar surface area (TPSA) is 81.9 Å². The van der Waals surface area contributed by atoms with Crippen molar-refractivity contribution >= 4 is 35.0 Å². The molecule has 0 aliphatic heterocycles. The maximum atomic E-state index is 12.6. The number of methoxy groups -OCH3 is 1. The maximum Gasteiger partial charge on any atom is 0.237 e. The van der Waals surface area contributed by atoms with E-state index in [0.29, 0.717) is 27.7 Å². The molecule has 0 bridgehead atoms. The molecule has 1 fully saturated rings. The lowest BCUT2D eigenvalue weighted by Gasteiger charge is -2.16. The minimum atomic E-state index is -0.359. The van der Waals surface area contributed by atoms with E-state index in [9.17, 15) is 4.79 Å². The largest absolute Gasteiger partial charge is 0.495 e. The van der Waals surface area contributed by atoms with Gasteiger partial charge in [0.15, 0.2) is 0 Å². The van der Waals surface area contributed by atoms with Crippen molar-refractivity contribution < 1.29 is 9.53 Å². The molecule has 1 N–H and O–H groups in total. The number of carbonyl (C=O) groups is 1. The fraction of sp³-hybridized carbons (Fsp3) is 0.529. The summed E-state index contributed by atoms with van der Waals surface area (Å²) in [6.45, 7) is 3.72. The number of hydrogen-bond acceptors (Lipinski definition) is 6. The smallest absolute Gasteiger partial charge is 0.237 e. The molecule has 7 nitrogen and oxygen atoms in total. The van der Waals surface area contributed by atoms with Gasteiger partial charge in [-0.05, 0) is 48.7 Å². The van der Waals surface area contributed by atoms with Crippen LogP contribution in [0.4, 0.5) is 5.69 Å². The molecule has 2 aromatic rings. The number of amides is 1. The summed E-state index contributed by atoms with van der Waals surface area (Å²) in [5.74, 6) is 0.387. The number of carbonyl (C=O) groups excluding carboxylic acids is 1. The lowest BCUT2D eigenvalue weighted by Crippen LogP contribution is -2.23. The molecule has 1 heterocycles. The van der Waals surface area contributed by atoms with Crippen molar-refractivity contribution in [1.29, 1.82) is 0 Å². The number of ether oxygens (including phenoxy) is 1. The second-order valence-corrected chi connectivity index (χ2v) is 8.11. The van der Waals surface area contributed by atoms with E-state index in [-0.39, 0.29) is 11.2 Å². The van der Waals surface area contributed by atoms with Gasteiger partial charge < -0.3 is 10.1 Å². The number of halogens is 1. The minimum Gasteiger partial charge on any atom is -0.495 e. The average Bonchev–Trinajstić information content (AvgIpc) is 3.28. The van der Waals surface area contributed by atoms with Crippen LogP contribution in [0.3, 0.4) is 0 Å². The molecular weight excluding hydrogens is 374 g/mol. The molecule has 1 aromatic carbocycles. The SMILES string of the molecule is COc1cc(Cl)c(C)cc1NC(=O)C(C)Sc1nnnn1C1CCCC1. The number of rotatable bonds is 6. The van der Waals surface area contributed by atoms with E-state index < -0.39 is 0 Å². The highest BCUT2D eigenvalue weighted by molar-refractivity contribution is 8.00. The zero-order valence-corrected chi connectivity index (χ0v) is 16.6. The van der Waals surface area contributed by atoms with E-state index in [1.54, 1.807) is 19.2 Å². The Morgan fingerprint density at radius 3 is 2.85 bits per heavy atom. The molecule has 0 radical (unpaired) electrons. The van der Waals surface area contributed by atoms with E-state index in [0.717, 1.165) is 18.4 Å². The van der Waals surface area contributed by atoms with Gasteiger partial charge in [-0.3, -0.25) is 4.79 Å². The molecule has 1 aliphatic carbocycles. The quantitative estimate of drug-likeness (QED) is 0.747. The van der Waals surface area contributed by atoms with Gasteiger partial charge in [0.1, 0.15) is 5.75 Å². The number of nitrogens with one attached hydrogen (secondary N) is 1. The van der Waals surface area contributed by atoms with Gasteiger partial charge in [-0.25, -0.2) is 4.68 Å². The fourth-order valence-corrected chi connectivity index (χ4v) is 4.03. The molecule has 1 atom stereocenters. The second-order valence-electron chi connectivity index (χ2n) is 6.40. The van der Waals surface area contributed by atoms with Crippen molar-refractivity contribution in [2.24, 2.45) is 0 Å². The van der Waals surface area contributed by atoms with Crippen molar-refractivity contribution in [2.45, 2.75) is 56.0 Å². The predicted molar refractivity (Wildman–Crippen MR) is 102 cm³/mol. The number of benzene rings is 1. The van der Waals surface area contributed by atoms with E-state index >= 15 is 0 Å². The van der Waals surface area contributed by atoms with Gasteiger partial charge in [-0.15, -0.1) is 5.10 Å². The molecule has 0 spiro atoms. The number of tetrazole rings is 1. The van der Waals surface area contributed by atoms with E-state index in [4.69, 9.17) is 16.3 Å². The van der Waals surface area contributed by atoms with Gasteiger partial charge in [-0.2, -0.15) is 0 Å². The van der Waals surface area contributed by atoms with Crippen molar-refractivity contribution in [2.75, 3.05) is 12.4 Å². The van der Waals surface area contributed by atoms with Crippen LogP contribution in [-0.4, -0.2) is 38.5 Å². The molecule has 1 amide bonds. The fourth-order valence-electron chi connectivity index (χ4n) is 3.02. The number of thioether (sulfide) groups is 1. The first-order valence-corrected chi connectivity index (χ1v) is 9.85. The van der Waals surface area contributed by atoms with Gasteiger partial charge >= 0.3 is 0 Å². The Kier molecular flexibility index (Phi) is 6.03. The van der Waals surface area contributed by atoms with Crippen molar-refractivity contribution in [1.82, 2.24) is 20.2 Å². The summed E-state index contributed by atoms with van der Waals surface area (Å²) in [6, 6.07) is 3.84. The van der Waals surface area contributed by atoms with Crippen LogP contribution in [0.1, 0.15) is 44.2 Å². The molecule has 1 saturated carbocycles. The van der Waals surface area contributed by atoms with Gasteiger partial charge in [0, 0.05) is 11.1 Å². The number of nitrogens with zero attached hydrogens (tertiary/aromatic N) is 4. The lowest BCUT2D eigenvalue weighted by molar-refractivity contribution is -0.115. The molecule has 1 aromatic heterocycles. The summed E-state index contributed by atoms with van der Waals surface area (Å²) in [5.41, 5.74) is 1.47. The first-order valence-electron chi connectivity index (χ1n) is 8.59. The van der Waals surface area contributed by atoms with E-state index in [1.807, 2.05) is 18.5 Å². The van der Waals surface area contributed by atoms with Crippen LogP contribution in [0, 0.1) is 6.92 Å². The highest BCUT2D eigenvalue weighted by Crippen LogP contribution is 2.34. The summed E-state index contributed by atoms with van der Waals surface area (Å²) < 4.78 is 7.17. The summed E-state index contributed by atoms with van der Waals surface area (Å²) in [7, 11) is 1.55. The predicted octanol–water partition coefficient (Wildman–Crippen LogP) is 3.88. The Labute approximate surface area is 161 Å². The summed E-state index contributed by atoms with van der Waals surface area (Å²) in [5, 5.41) is 15.8. The molecule has 0 saturated heterocycles. The van der Waals surface area contributed by atoms with E-state index in [1.165, 1.54) is 24.6 Å². The van der Waals surface area contributed by atoms with Crippen LogP contribution in [0.25, 0.3) is 0 Å². The zero-order chi connectivity index (χ0) is 18.7. The molecule has 9 heteroatoms. The Morgan fingerprint density at radius 1 is 1.42 bits per heavy atom. The Morgan fingerprint density at radius 2 is 2.15 bits per heavy atom. The third kappa shape index (κ3) is 4.12. The summed E-state index contributed by atoms with van der Waals surface area (Å²) >= 11 is 7.48. The van der Waals surface area contributed by atoms with Crippen molar-refractivity contribution in [3.8, 4) is 5.75 Å². The highest BCUT2D eigenvalue weighted by Gasteiger charge is 2.25. The van der Waals surface area contributed by atoms with Crippen LogP contribution < -0.4 is 10.1 Å². The average molecular weight is 396 g/mol. The third-order valence-electron chi connectivity index (χ3n) is 4.52. The van der Waals surface area contributed by atoms with Crippen LogP contribution in [0.2, 0.25) is 5.02 Å². The van der Waals surface area contributed by atoms with Crippen molar-refractivity contribution in [3.05, 3.63) is 22.7 Å². The third-order valence-corrected chi connectivity index (χ3v) is 5.98. The lowest BCUT2D eigenvalue weighted by atomic mass is 10.2. The van der Waals surface area contributed by atoms with Crippen LogP contribution in [0.5, 0.6) is 5.75 Å². The molecule has 26 heavy (non-hydrogen) atoms. The van der Waals surface area contributed by atoms with E-state index in [2.05, 4.69) is 20.8 Å². The molecule has 3 rings (SSSR count). The van der Waals surface area contributed by atoms with Crippen LogP contribution in [0.15, 0.2) is 17.3 Å². The molecule has 140 valence electrons. The van der Waals surface area contributed by atoms with Gasteiger partial charge in [0.2, 0.25) is 11.1 Å². The first kappa shape index (κ1) is 19.0. The Hall–Kier alpha value is -1.80. The Balaban J connectivity index is 1.69. The minimum absolute atomic E-state index is 0.143. The number of anilines is 1. The van der Waals surface area contributed by atoms with Crippen LogP contribution in [-0.2, 0) is 4.79 Å². The number of aromatic nitrogens is 4. The maximum absolute atomic E-state index is 12.6. The molecule has 1 aliphatic rings. The highest BCUT2D eigenvalue weighted by atomic mass is 35.5.